The Kier molecular flexibility index (Phi) is 5.68. The first-order valence-electron chi connectivity index (χ1n) is 9.52. The van der Waals surface area contributed by atoms with Crippen LogP contribution in [0.4, 0.5) is 0 Å². The fourth-order valence-electron chi connectivity index (χ4n) is 4.19. The van der Waals surface area contributed by atoms with Gasteiger partial charge in [0.25, 0.3) is 0 Å². The van der Waals surface area contributed by atoms with Crippen LogP contribution >= 0.6 is 11.3 Å². The number of aliphatic imine (C=N–C) groups is 1. The van der Waals surface area contributed by atoms with Crippen molar-refractivity contribution < 1.29 is 4.74 Å². The molecule has 5 nitrogen and oxygen atoms in total. The molecule has 3 unspecified atom stereocenters. The van der Waals surface area contributed by atoms with E-state index >= 15 is 0 Å². The van der Waals surface area contributed by atoms with Gasteiger partial charge >= 0.3 is 0 Å². The topological polar surface area (TPSA) is 58.5 Å². The summed E-state index contributed by atoms with van der Waals surface area (Å²) >= 11 is 1.79. The predicted octanol–water partition coefficient (Wildman–Crippen LogP) is 3.06. The average molecular weight is 365 g/mol. The zero-order chi connectivity index (χ0) is 18.0. The Hall–Kier alpha value is -1.14. The minimum absolute atomic E-state index is 0.158. The number of hydrogen-bond acceptors (Lipinski definition) is 4. The lowest BCUT2D eigenvalue weighted by Gasteiger charge is -2.60. The smallest absolute Gasteiger partial charge is 0.191 e. The molecule has 0 spiro atoms. The second kappa shape index (κ2) is 7.62. The third-order valence-corrected chi connectivity index (χ3v) is 6.77. The molecule has 140 valence electrons. The van der Waals surface area contributed by atoms with Gasteiger partial charge in [-0.2, -0.15) is 0 Å². The van der Waals surface area contributed by atoms with Gasteiger partial charge in [-0.15, -0.1) is 11.3 Å². The summed E-state index contributed by atoms with van der Waals surface area (Å²) in [4.78, 5) is 10.7. The van der Waals surface area contributed by atoms with Gasteiger partial charge in [0.2, 0.25) is 0 Å². The Bertz CT molecular complexity index is 605. The Balaban J connectivity index is 1.60. The maximum absolute atomic E-state index is 6.01. The van der Waals surface area contributed by atoms with E-state index in [4.69, 9.17) is 9.73 Å². The van der Waals surface area contributed by atoms with Crippen LogP contribution in [0.15, 0.2) is 4.99 Å². The molecule has 1 aliphatic carbocycles. The summed E-state index contributed by atoms with van der Waals surface area (Å²) < 4.78 is 6.01. The van der Waals surface area contributed by atoms with E-state index in [1.807, 2.05) is 0 Å². The fraction of sp³-hybridized carbons (Fsp3) is 0.789. The molecule has 2 N–H and O–H groups in total. The highest BCUT2D eigenvalue weighted by atomic mass is 32.1. The summed E-state index contributed by atoms with van der Waals surface area (Å²) in [6.07, 6.45) is 3.72. The van der Waals surface area contributed by atoms with Gasteiger partial charge < -0.3 is 15.4 Å². The second-order valence-electron chi connectivity index (χ2n) is 7.80. The molecule has 2 heterocycles. The Morgan fingerprint density at radius 3 is 2.88 bits per heavy atom. The summed E-state index contributed by atoms with van der Waals surface area (Å²) in [6, 6.07) is 0.431. The number of guanidine groups is 1. The van der Waals surface area contributed by atoms with Crippen LogP contribution in [0.25, 0.3) is 0 Å². The van der Waals surface area contributed by atoms with E-state index in [9.17, 15) is 0 Å². The number of fused-ring (bicyclic) bond motifs is 1. The Morgan fingerprint density at radius 1 is 1.40 bits per heavy atom. The minimum Gasteiger partial charge on any atom is -0.377 e. The number of nitrogens with zero attached hydrogens (tertiary/aromatic N) is 2. The molecule has 3 atom stereocenters. The van der Waals surface area contributed by atoms with Gasteiger partial charge in [-0.25, -0.2) is 4.98 Å². The molecular formula is C19H32N4OS. The number of thiazole rings is 1. The molecule has 1 saturated carbocycles. The minimum atomic E-state index is 0.158. The third-order valence-electron chi connectivity index (χ3n) is 5.64. The van der Waals surface area contributed by atoms with Crippen LogP contribution in [0.1, 0.15) is 49.2 Å². The van der Waals surface area contributed by atoms with Crippen molar-refractivity contribution in [3.8, 4) is 0 Å². The van der Waals surface area contributed by atoms with E-state index < -0.39 is 0 Å². The highest BCUT2D eigenvalue weighted by molar-refractivity contribution is 7.11. The Morgan fingerprint density at radius 2 is 2.20 bits per heavy atom. The number of aryl methyl sites for hydroxylation is 2. The molecule has 1 saturated heterocycles. The summed E-state index contributed by atoms with van der Waals surface area (Å²) in [5.41, 5.74) is 1.30. The SMILES string of the molecule is CCNC(=NCCc1nc(C)c(C)s1)NC1C2CCCOC2C1(C)C. The summed E-state index contributed by atoms with van der Waals surface area (Å²) in [7, 11) is 0. The number of aromatic nitrogens is 1. The third kappa shape index (κ3) is 3.85. The van der Waals surface area contributed by atoms with Crippen molar-refractivity contribution in [3.05, 3.63) is 15.6 Å². The summed E-state index contributed by atoms with van der Waals surface area (Å²) in [5.74, 6) is 1.53. The second-order valence-corrected chi connectivity index (χ2v) is 9.09. The lowest BCUT2D eigenvalue weighted by atomic mass is 9.55. The summed E-state index contributed by atoms with van der Waals surface area (Å²) in [6.45, 7) is 13.5. The van der Waals surface area contributed by atoms with Crippen molar-refractivity contribution in [2.45, 2.75) is 66.0 Å². The van der Waals surface area contributed by atoms with Gasteiger partial charge in [0, 0.05) is 48.4 Å². The molecule has 0 aromatic carbocycles. The van der Waals surface area contributed by atoms with Crippen molar-refractivity contribution >= 4 is 17.3 Å². The van der Waals surface area contributed by atoms with Crippen molar-refractivity contribution in [1.29, 1.82) is 0 Å². The lowest BCUT2D eigenvalue weighted by Crippen LogP contribution is -2.71. The van der Waals surface area contributed by atoms with Crippen molar-refractivity contribution in [3.63, 3.8) is 0 Å². The van der Waals surface area contributed by atoms with Crippen LogP contribution < -0.4 is 10.6 Å². The van der Waals surface area contributed by atoms with Crippen LogP contribution in [0.2, 0.25) is 0 Å². The molecule has 0 radical (unpaired) electrons. The first kappa shape index (κ1) is 18.6. The van der Waals surface area contributed by atoms with Gasteiger partial charge in [0.15, 0.2) is 5.96 Å². The monoisotopic (exact) mass is 364 g/mol. The number of ether oxygens (including phenoxy) is 1. The highest BCUT2D eigenvalue weighted by Gasteiger charge is 2.58. The molecule has 0 amide bonds. The predicted molar refractivity (Wildman–Crippen MR) is 104 cm³/mol. The van der Waals surface area contributed by atoms with Crippen LogP contribution in [0.3, 0.4) is 0 Å². The Labute approximate surface area is 155 Å². The molecule has 1 aliphatic heterocycles. The van der Waals surface area contributed by atoms with Crippen LogP contribution in [0.5, 0.6) is 0 Å². The normalized spacial score (nSPS) is 28.2. The standard InChI is InChI=1S/C19H32N4OS/c1-6-20-18(21-10-9-15-22-12(2)13(3)25-15)23-16-14-8-7-11-24-17(14)19(16,4)5/h14,16-17H,6-11H2,1-5H3,(H2,20,21,23). The summed E-state index contributed by atoms with van der Waals surface area (Å²) in [5, 5.41) is 8.27. The first-order valence-corrected chi connectivity index (χ1v) is 10.3. The molecule has 0 bridgehead atoms. The molecule has 3 rings (SSSR count). The molecule has 2 aliphatic rings. The van der Waals surface area contributed by atoms with Crippen LogP contribution in [-0.2, 0) is 11.2 Å². The number of nitrogens with one attached hydrogen (secondary N) is 2. The van der Waals surface area contributed by atoms with Crippen molar-refractivity contribution in [1.82, 2.24) is 15.6 Å². The molecule has 1 aromatic heterocycles. The van der Waals surface area contributed by atoms with E-state index in [-0.39, 0.29) is 5.41 Å². The van der Waals surface area contributed by atoms with Crippen molar-refractivity contribution in [2.24, 2.45) is 16.3 Å². The van der Waals surface area contributed by atoms with Crippen molar-refractivity contribution in [2.75, 3.05) is 19.7 Å². The van der Waals surface area contributed by atoms with E-state index in [0.29, 0.717) is 18.1 Å². The zero-order valence-electron chi connectivity index (χ0n) is 16.2. The van der Waals surface area contributed by atoms with E-state index in [1.54, 1.807) is 11.3 Å². The molecule has 2 fully saturated rings. The number of rotatable bonds is 5. The number of hydrogen-bond donors (Lipinski definition) is 2. The van der Waals surface area contributed by atoms with Gasteiger partial charge in [0.1, 0.15) is 0 Å². The fourth-order valence-corrected chi connectivity index (χ4v) is 5.11. The van der Waals surface area contributed by atoms with Gasteiger partial charge in [-0.1, -0.05) is 13.8 Å². The van der Waals surface area contributed by atoms with E-state index in [2.05, 4.69) is 50.2 Å². The molecule has 25 heavy (non-hydrogen) atoms. The maximum atomic E-state index is 6.01. The van der Waals surface area contributed by atoms with Gasteiger partial charge in [0.05, 0.1) is 16.8 Å². The zero-order valence-corrected chi connectivity index (χ0v) is 17.0. The molecule has 1 aromatic rings. The van der Waals surface area contributed by atoms with Gasteiger partial charge in [-0.05, 0) is 33.6 Å². The largest absolute Gasteiger partial charge is 0.377 e. The lowest BCUT2D eigenvalue weighted by molar-refractivity contribution is -0.188. The van der Waals surface area contributed by atoms with Gasteiger partial charge in [-0.3, -0.25) is 4.99 Å². The molecular weight excluding hydrogens is 332 g/mol. The van der Waals surface area contributed by atoms with E-state index in [0.717, 1.165) is 37.8 Å². The molecule has 6 heteroatoms. The average Bonchev–Trinajstić information content (AvgIpc) is 2.90. The first-order chi connectivity index (χ1) is 11.9. The maximum Gasteiger partial charge on any atom is 0.191 e. The van der Waals surface area contributed by atoms with Crippen LogP contribution in [-0.4, -0.2) is 42.8 Å². The quantitative estimate of drug-likeness (QED) is 0.623. The van der Waals surface area contributed by atoms with Crippen LogP contribution in [0, 0.1) is 25.2 Å². The van der Waals surface area contributed by atoms with E-state index in [1.165, 1.54) is 22.7 Å². The highest BCUT2D eigenvalue weighted by Crippen LogP contribution is 2.51.